The maximum atomic E-state index is 13.1. The summed E-state index contributed by atoms with van der Waals surface area (Å²) in [6.45, 7) is 9.73. The van der Waals surface area contributed by atoms with Gasteiger partial charge in [0.15, 0.2) is 12.2 Å². The van der Waals surface area contributed by atoms with Crippen LogP contribution in [0.4, 0.5) is 0 Å². The Balaban J connectivity index is 5.27. The second-order valence-electron chi connectivity index (χ2n) is 31.5. The van der Waals surface area contributed by atoms with Crippen molar-refractivity contribution in [2.75, 3.05) is 39.6 Å². The molecule has 17 nitrogen and oxygen atoms in total. The van der Waals surface area contributed by atoms with Crippen molar-refractivity contribution in [3.05, 3.63) is 0 Å². The molecule has 0 saturated heterocycles. The van der Waals surface area contributed by atoms with Gasteiger partial charge in [-0.2, -0.15) is 0 Å². The molecule has 3 N–H and O–H groups in total. The number of carbonyl (C=O) groups is 4. The molecule has 0 bridgehead atoms. The number of carbonyl (C=O) groups excluding carboxylic acids is 4. The number of hydrogen-bond acceptors (Lipinski definition) is 15. The van der Waals surface area contributed by atoms with E-state index >= 15 is 0 Å². The number of phosphoric acid groups is 2. The first-order chi connectivity index (χ1) is 50.4. The molecule has 19 heteroatoms. The van der Waals surface area contributed by atoms with Crippen LogP contribution in [0.3, 0.4) is 0 Å². The summed E-state index contributed by atoms with van der Waals surface area (Å²) in [6.07, 6.45) is 67.8. The molecule has 0 aliphatic heterocycles. The standard InChI is InChI=1S/C85H166O17P2/c1-7-9-11-13-15-17-19-21-22-25-33-39-45-51-57-63-69-84(89)101-80(73-95-82(87)67-61-55-49-43-37-29-20-18-16-14-12-10-8-2)75-99-103(91,92)97-71-79(86)72-98-104(93,94)100-76-81(74-96-83(88)68-62-56-50-44-38-32-28-27-31-36-42-48-54-60-66-78(5)6)102-85(90)70-64-58-52-46-40-34-26-23-24-30-35-41-47-53-59-65-77(3)4/h77-81,86H,7-76H2,1-6H3,(H,91,92)(H,93,94)/t79-,80+,81+/m0/s1. The molecule has 2 unspecified atom stereocenters. The van der Waals surface area contributed by atoms with E-state index in [4.69, 9.17) is 37.0 Å². The number of hydrogen-bond donors (Lipinski definition) is 3. The second kappa shape index (κ2) is 76.4. The number of rotatable bonds is 84. The maximum absolute atomic E-state index is 13.1. The SMILES string of the molecule is CCCCCCCCCCCCCCCCCCC(=O)O[C@H](COC(=O)CCCCCCCCCCCCCCC)COP(=O)(O)OC[C@H](O)COP(=O)(O)OC[C@@H](COC(=O)CCCCCCCCCCCCCCCCC(C)C)OC(=O)CCCCCCCCCCCCCCCCCC(C)C. The zero-order chi connectivity index (χ0) is 76.4. The Hall–Kier alpha value is -1.94. The minimum absolute atomic E-state index is 0.108. The molecule has 0 rings (SSSR count). The van der Waals surface area contributed by atoms with Crippen LogP contribution in [0.15, 0.2) is 0 Å². The first-order valence-electron chi connectivity index (χ1n) is 44.0. The van der Waals surface area contributed by atoms with E-state index in [9.17, 15) is 43.2 Å². The minimum Gasteiger partial charge on any atom is -0.462 e. The monoisotopic (exact) mass is 1520 g/mol. The van der Waals surface area contributed by atoms with Crippen molar-refractivity contribution in [3.63, 3.8) is 0 Å². The molecule has 0 aromatic carbocycles. The highest BCUT2D eigenvalue weighted by Gasteiger charge is 2.30. The predicted octanol–water partition coefficient (Wildman–Crippen LogP) is 25.8. The van der Waals surface area contributed by atoms with E-state index in [1.54, 1.807) is 0 Å². The van der Waals surface area contributed by atoms with E-state index in [-0.39, 0.29) is 25.7 Å². The van der Waals surface area contributed by atoms with Gasteiger partial charge in [0.05, 0.1) is 26.4 Å². The fourth-order valence-corrected chi connectivity index (χ4v) is 14.8. The zero-order valence-corrected chi connectivity index (χ0v) is 70.1. The fraction of sp³-hybridized carbons (Fsp3) is 0.953. The first kappa shape index (κ1) is 102. The summed E-state index contributed by atoms with van der Waals surface area (Å²) in [6, 6.07) is 0. The van der Waals surface area contributed by atoms with Gasteiger partial charge in [0.25, 0.3) is 0 Å². The smallest absolute Gasteiger partial charge is 0.462 e. The molecule has 0 fully saturated rings. The molecular formula is C85H166O17P2. The average Bonchev–Trinajstić information content (AvgIpc) is 0.912. The Morgan fingerprint density at radius 3 is 0.654 bits per heavy atom. The molecule has 0 spiro atoms. The van der Waals surface area contributed by atoms with Gasteiger partial charge in [0.1, 0.15) is 19.3 Å². The van der Waals surface area contributed by atoms with Gasteiger partial charge in [-0.3, -0.25) is 37.3 Å². The molecule has 0 amide bonds. The molecule has 0 aliphatic carbocycles. The largest absolute Gasteiger partial charge is 0.472 e. The Labute approximate surface area is 638 Å². The number of esters is 4. The third-order valence-electron chi connectivity index (χ3n) is 20.0. The van der Waals surface area contributed by atoms with Crippen molar-refractivity contribution in [1.82, 2.24) is 0 Å². The van der Waals surface area contributed by atoms with Crippen LogP contribution in [0.1, 0.15) is 452 Å². The molecule has 104 heavy (non-hydrogen) atoms. The minimum atomic E-state index is -4.97. The number of phosphoric ester groups is 2. The van der Waals surface area contributed by atoms with Crippen LogP contribution in [0.5, 0.6) is 0 Å². The van der Waals surface area contributed by atoms with Crippen LogP contribution in [0, 0.1) is 11.8 Å². The van der Waals surface area contributed by atoms with Gasteiger partial charge in [-0.05, 0) is 37.5 Å². The van der Waals surface area contributed by atoms with Gasteiger partial charge in [-0.25, -0.2) is 9.13 Å². The van der Waals surface area contributed by atoms with Gasteiger partial charge < -0.3 is 33.8 Å². The van der Waals surface area contributed by atoms with Gasteiger partial charge in [-0.1, -0.05) is 401 Å². The lowest BCUT2D eigenvalue weighted by atomic mass is 10.0. The highest BCUT2D eigenvalue weighted by molar-refractivity contribution is 7.47. The number of aliphatic hydroxyl groups is 1. The Bertz CT molecular complexity index is 1990. The lowest BCUT2D eigenvalue weighted by Gasteiger charge is -2.21. The third-order valence-corrected chi connectivity index (χ3v) is 21.9. The summed E-state index contributed by atoms with van der Waals surface area (Å²) in [5.74, 6) is -0.498. The topological polar surface area (TPSA) is 237 Å². The molecule has 0 aromatic rings. The van der Waals surface area contributed by atoms with Crippen molar-refractivity contribution >= 4 is 39.5 Å². The van der Waals surface area contributed by atoms with E-state index in [1.807, 2.05) is 0 Å². The van der Waals surface area contributed by atoms with Crippen LogP contribution in [0.2, 0.25) is 0 Å². The number of aliphatic hydroxyl groups excluding tert-OH is 1. The number of unbranched alkanes of at least 4 members (excludes halogenated alkanes) is 54. The van der Waals surface area contributed by atoms with Crippen molar-refractivity contribution in [2.45, 2.75) is 471 Å². The summed E-state index contributed by atoms with van der Waals surface area (Å²) < 4.78 is 68.9. The predicted molar refractivity (Wildman–Crippen MR) is 428 cm³/mol. The molecular weight excluding hydrogens is 1350 g/mol. The van der Waals surface area contributed by atoms with Crippen LogP contribution in [-0.4, -0.2) is 96.7 Å². The summed E-state index contributed by atoms with van der Waals surface area (Å²) in [5, 5.41) is 10.7. The second-order valence-corrected chi connectivity index (χ2v) is 34.4. The molecule has 0 aliphatic rings. The highest BCUT2D eigenvalue weighted by atomic mass is 31.2. The Kier molecular flexibility index (Phi) is 75.0. The molecule has 0 radical (unpaired) electrons. The highest BCUT2D eigenvalue weighted by Crippen LogP contribution is 2.45. The van der Waals surface area contributed by atoms with Gasteiger partial charge in [0.2, 0.25) is 0 Å². The quantitative estimate of drug-likeness (QED) is 0.0222. The lowest BCUT2D eigenvalue weighted by Crippen LogP contribution is -2.30. The van der Waals surface area contributed by atoms with Crippen LogP contribution in [-0.2, 0) is 65.4 Å². The van der Waals surface area contributed by atoms with Crippen molar-refractivity contribution in [1.29, 1.82) is 0 Å². The Morgan fingerprint density at radius 1 is 0.260 bits per heavy atom. The summed E-state index contributed by atoms with van der Waals surface area (Å²) in [7, 11) is -9.93. The summed E-state index contributed by atoms with van der Waals surface area (Å²) in [5.41, 5.74) is 0. The maximum Gasteiger partial charge on any atom is 0.472 e. The zero-order valence-electron chi connectivity index (χ0n) is 68.3. The molecule has 618 valence electrons. The van der Waals surface area contributed by atoms with E-state index in [2.05, 4.69) is 41.5 Å². The third kappa shape index (κ3) is 78.2. The van der Waals surface area contributed by atoms with E-state index < -0.39 is 97.5 Å². The first-order valence-corrected chi connectivity index (χ1v) is 47.0. The van der Waals surface area contributed by atoms with Gasteiger partial charge >= 0.3 is 39.5 Å². The van der Waals surface area contributed by atoms with Crippen molar-refractivity contribution in [2.24, 2.45) is 11.8 Å². The van der Waals surface area contributed by atoms with Gasteiger partial charge in [-0.15, -0.1) is 0 Å². The van der Waals surface area contributed by atoms with E-state index in [1.165, 1.54) is 270 Å². The fourth-order valence-electron chi connectivity index (χ4n) is 13.2. The van der Waals surface area contributed by atoms with Crippen molar-refractivity contribution < 1.29 is 80.2 Å². The van der Waals surface area contributed by atoms with Crippen LogP contribution < -0.4 is 0 Å². The summed E-state index contributed by atoms with van der Waals surface area (Å²) in [4.78, 5) is 73.2. The van der Waals surface area contributed by atoms with Crippen molar-refractivity contribution in [3.8, 4) is 0 Å². The van der Waals surface area contributed by atoms with Crippen LogP contribution in [0.25, 0.3) is 0 Å². The lowest BCUT2D eigenvalue weighted by molar-refractivity contribution is -0.161. The number of ether oxygens (including phenoxy) is 4. The molecule has 0 aromatic heterocycles. The summed E-state index contributed by atoms with van der Waals surface area (Å²) >= 11 is 0. The van der Waals surface area contributed by atoms with E-state index in [0.29, 0.717) is 25.7 Å². The average molecular weight is 1520 g/mol. The van der Waals surface area contributed by atoms with Gasteiger partial charge in [0, 0.05) is 25.7 Å². The molecule has 0 saturated carbocycles. The Morgan fingerprint density at radius 2 is 0.442 bits per heavy atom. The van der Waals surface area contributed by atoms with Crippen LogP contribution >= 0.6 is 15.6 Å². The van der Waals surface area contributed by atoms with E-state index in [0.717, 1.165) is 102 Å². The molecule has 0 heterocycles. The molecule has 5 atom stereocenters. The normalized spacial score (nSPS) is 13.8.